The minimum atomic E-state index is -0.300. The van der Waals surface area contributed by atoms with Crippen molar-refractivity contribution in [3.63, 3.8) is 0 Å². The van der Waals surface area contributed by atoms with E-state index in [0.717, 1.165) is 16.3 Å². The number of amides is 1. The van der Waals surface area contributed by atoms with Crippen LogP contribution in [-0.2, 0) is 10.2 Å². The third-order valence-corrected chi connectivity index (χ3v) is 4.25. The number of fused-ring (bicyclic) bond motifs is 1. The smallest absolute Gasteiger partial charge is 0.277 e. The predicted octanol–water partition coefficient (Wildman–Crippen LogP) is 4.67. The molecule has 1 amide bonds. The maximum atomic E-state index is 11.9. The summed E-state index contributed by atoms with van der Waals surface area (Å²) < 4.78 is 5.62. The molecular formula is C23H24N2O2. The Morgan fingerprint density at radius 1 is 1.00 bits per heavy atom. The Labute approximate surface area is 159 Å². The Hall–Kier alpha value is -3.14. The highest BCUT2D eigenvalue weighted by molar-refractivity contribution is 5.85. The van der Waals surface area contributed by atoms with Crippen molar-refractivity contribution in [2.75, 3.05) is 6.61 Å². The summed E-state index contributed by atoms with van der Waals surface area (Å²) in [5, 5.41) is 6.18. The highest BCUT2D eigenvalue weighted by Crippen LogP contribution is 2.28. The number of carbonyl (C=O) groups is 1. The van der Waals surface area contributed by atoms with Crippen molar-refractivity contribution in [3.05, 3.63) is 77.9 Å². The largest absolute Gasteiger partial charge is 0.484 e. The van der Waals surface area contributed by atoms with E-state index in [9.17, 15) is 4.79 Å². The number of nitrogens with zero attached hydrogens (tertiary/aromatic N) is 1. The average molecular weight is 360 g/mol. The fraction of sp³-hybridized carbons (Fsp3) is 0.217. The van der Waals surface area contributed by atoms with E-state index in [-0.39, 0.29) is 17.9 Å². The second-order valence-corrected chi connectivity index (χ2v) is 7.47. The molecule has 0 bridgehead atoms. The molecule has 0 aromatic heterocycles. The lowest BCUT2D eigenvalue weighted by Gasteiger charge is -2.19. The van der Waals surface area contributed by atoms with Gasteiger partial charge in [0.05, 0.1) is 6.21 Å². The number of ether oxygens (including phenoxy) is 1. The molecular weight excluding hydrogens is 336 g/mol. The van der Waals surface area contributed by atoms with Gasteiger partial charge in [0.25, 0.3) is 5.91 Å². The average Bonchev–Trinajstić information content (AvgIpc) is 2.66. The summed E-state index contributed by atoms with van der Waals surface area (Å²) in [6.45, 7) is 6.48. The predicted molar refractivity (Wildman–Crippen MR) is 110 cm³/mol. The molecule has 3 aromatic rings. The van der Waals surface area contributed by atoms with Crippen molar-refractivity contribution in [2.24, 2.45) is 5.10 Å². The van der Waals surface area contributed by atoms with Gasteiger partial charge in [0.15, 0.2) is 6.61 Å². The minimum Gasteiger partial charge on any atom is -0.484 e. The first-order chi connectivity index (χ1) is 12.9. The molecule has 0 saturated heterocycles. The van der Waals surface area contributed by atoms with Crippen molar-refractivity contribution < 1.29 is 9.53 Å². The molecule has 0 unspecified atom stereocenters. The van der Waals surface area contributed by atoms with Crippen LogP contribution in [0.1, 0.15) is 31.9 Å². The van der Waals surface area contributed by atoms with Gasteiger partial charge in [0.1, 0.15) is 5.75 Å². The number of hydrogen-bond acceptors (Lipinski definition) is 3. The van der Waals surface area contributed by atoms with Gasteiger partial charge in [-0.15, -0.1) is 0 Å². The molecule has 3 aromatic carbocycles. The molecule has 0 spiro atoms. The summed E-state index contributed by atoms with van der Waals surface area (Å²) >= 11 is 0. The monoisotopic (exact) mass is 360 g/mol. The summed E-state index contributed by atoms with van der Waals surface area (Å²) in [4.78, 5) is 11.9. The Morgan fingerprint density at radius 3 is 2.48 bits per heavy atom. The molecule has 3 rings (SSSR count). The van der Waals surface area contributed by atoms with Crippen LogP contribution in [0.3, 0.4) is 0 Å². The highest BCUT2D eigenvalue weighted by atomic mass is 16.5. The highest BCUT2D eigenvalue weighted by Gasteiger charge is 2.13. The fourth-order valence-corrected chi connectivity index (χ4v) is 2.68. The van der Waals surface area contributed by atoms with Crippen LogP contribution in [0.25, 0.3) is 10.8 Å². The van der Waals surface area contributed by atoms with Crippen LogP contribution in [0, 0.1) is 0 Å². The molecule has 138 valence electrons. The lowest BCUT2D eigenvalue weighted by Crippen LogP contribution is -2.24. The van der Waals surface area contributed by atoms with E-state index in [0.29, 0.717) is 5.75 Å². The molecule has 0 fully saturated rings. The minimum absolute atomic E-state index is 0.0850. The summed E-state index contributed by atoms with van der Waals surface area (Å²) in [5.74, 6) is 0.362. The van der Waals surface area contributed by atoms with E-state index in [1.54, 1.807) is 6.21 Å². The van der Waals surface area contributed by atoms with Gasteiger partial charge >= 0.3 is 0 Å². The fourth-order valence-electron chi connectivity index (χ4n) is 2.68. The summed E-state index contributed by atoms with van der Waals surface area (Å²) in [7, 11) is 0. The van der Waals surface area contributed by atoms with Gasteiger partial charge in [0.2, 0.25) is 0 Å². The van der Waals surface area contributed by atoms with Crippen molar-refractivity contribution in [1.82, 2.24) is 5.43 Å². The van der Waals surface area contributed by atoms with Crippen LogP contribution in [0.2, 0.25) is 0 Å². The third-order valence-electron chi connectivity index (χ3n) is 4.25. The number of rotatable bonds is 5. The molecule has 0 aliphatic heterocycles. The number of carbonyl (C=O) groups excluding carboxylic acids is 1. The molecule has 4 nitrogen and oxygen atoms in total. The summed E-state index contributed by atoms with van der Waals surface area (Å²) in [5.41, 5.74) is 4.74. The van der Waals surface area contributed by atoms with Gasteiger partial charge in [0, 0.05) is 0 Å². The topological polar surface area (TPSA) is 50.7 Å². The Bertz CT molecular complexity index is 957. The van der Waals surface area contributed by atoms with E-state index in [4.69, 9.17) is 4.74 Å². The second kappa shape index (κ2) is 8.04. The zero-order valence-corrected chi connectivity index (χ0v) is 15.9. The summed E-state index contributed by atoms with van der Waals surface area (Å²) in [6.07, 6.45) is 1.60. The molecule has 0 atom stereocenters. The molecule has 0 heterocycles. The lowest BCUT2D eigenvalue weighted by atomic mass is 9.86. The van der Waals surface area contributed by atoms with Gasteiger partial charge in [-0.2, -0.15) is 5.10 Å². The molecule has 0 aliphatic carbocycles. The van der Waals surface area contributed by atoms with Gasteiger partial charge in [-0.05, 0) is 39.4 Å². The molecule has 0 saturated carbocycles. The zero-order valence-electron chi connectivity index (χ0n) is 15.9. The van der Waals surface area contributed by atoms with E-state index in [2.05, 4.69) is 49.5 Å². The molecule has 1 N–H and O–H groups in total. The Kier molecular flexibility index (Phi) is 5.55. The zero-order chi connectivity index (χ0) is 19.3. The van der Waals surface area contributed by atoms with Crippen LogP contribution in [0.15, 0.2) is 71.8 Å². The van der Waals surface area contributed by atoms with Crippen LogP contribution >= 0.6 is 0 Å². The van der Waals surface area contributed by atoms with E-state index >= 15 is 0 Å². The van der Waals surface area contributed by atoms with Crippen LogP contribution < -0.4 is 10.2 Å². The Balaban J connectivity index is 1.61. The molecule has 0 aliphatic rings. The lowest BCUT2D eigenvalue weighted by molar-refractivity contribution is -0.123. The van der Waals surface area contributed by atoms with Gasteiger partial charge in [-0.3, -0.25) is 4.79 Å². The van der Waals surface area contributed by atoms with E-state index in [1.165, 1.54) is 5.56 Å². The van der Waals surface area contributed by atoms with E-state index < -0.39 is 0 Å². The van der Waals surface area contributed by atoms with Crippen LogP contribution in [0.4, 0.5) is 0 Å². The van der Waals surface area contributed by atoms with Gasteiger partial charge in [-0.25, -0.2) is 5.43 Å². The quantitative estimate of drug-likeness (QED) is 0.531. The number of hydrazone groups is 1. The maximum absolute atomic E-state index is 11.9. The van der Waals surface area contributed by atoms with Crippen molar-refractivity contribution in [2.45, 2.75) is 26.2 Å². The third kappa shape index (κ3) is 5.17. The SMILES string of the molecule is CC(C)(C)c1ccc2ccc(OCC(=O)N/N=C/c3ccccc3)cc2c1. The van der Waals surface area contributed by atoms with Crippen LogP contribution in [-0.4, -0.2) is 18.7 Å². The number of hydrogen-bond donors (Lipinski definition) is 1. The number of benzene rings is 3. The number of nitrogens with one attached hydrogen (secondary N) is 1. The first-order valence-corrected chi connectivity index (χ1v) is 8.96. The second-order valence-electron chi connectivity index (χ2n) is 7.47. The first kappa shape index (κ1) is 18.6. The van der Waals surface area contributed by atoms with Crippen molar-refractivity contribution in [1.29, 1.82) is 0 Å². The molecule has 4 heteroatoms. The van der Waals surface area contributed by atoms with Crippen molar-refractivity contribution in [3.8, 4) is 5.75 Å². The van der Waals surface area contributed by atoms with Gasteiger partial charge < -0.3 is 4.74 Å². The maximum Gasteiger partial charge on any atom is 0.277 e. The first-order valence-electron chi connectivity index (χ1n) is 8.96. The van der Waals surface area contributed by atoms with Gasteiger partial charge in [-0.1, -0.05) is 75.4 Å². The van der Waals surface area contributed by atoms with Crippen molar-refractivity contribution >= 4 is 22.9 Å². The standard InChI is InChI=1S/C23H24N2O2/c1-23(2,3)20-11-9-18-10-12-21(14-19(18)13-20)27-16-22(26)25-24-15-17-7-5-4-6-8-17/h4-15H,16H2,1-3H3,(H,25,26)/b24-15+. The van der Waals surface area contributed by atoms with Crippen LogP contribution in [0.5, 0.6) is 5.75 Å². The molecule has 0 radical (unpaired) electrons. The molecule has 27 heavy (non-hydrogen) atoms. The normalized spacial score (nSPS) is 11.7. The van der Waals surface area contributed by atoms with E-state index in [1.807, 2.05) is 48.5 Å². The summed E-state index contributed by atoms with van der Waals surface area (Å²) in [6, 6.07) is 21.9. The Morgan fingerprint density at radius 2 is 1.74 bits per heavy atom.